The van der Waals surface area contributed by atoms with Gasteiger partial charge in [0.1, 0.15) is 0 Å². The van der Waals surface area contributed by atoms with E-state index < -0.39 is 6.03 Å². The molecule has 2 aromatic rings. The lowest BCUT2D eigenvalue weighted by Crippen LogP contribution is -2.19. The molecule has 0 atom stereocenters. The van der Waals surface area contributed by atoms with Crippen molar-refractivity contribution in [3.63, 3.8) is 0 Å². The standard InChI is InChI=1S/C11H7BrCl2N2O2/c12-9-3-4-10(18-9)16-11(17)15-8-2-1-6(13)5-7(8)14/h1-5H,(H2,15,16,17). The molecule has 2 rings (SSSR count). The third-order valence-electron chi connectivity index (χ3n) is 1.99. The molecule has 0 saturated carbocycles. The van der Waals surface area contributed by atoms with Gasteiger partial charge >= 0.3 is 6.03 Å². The molecule has 2 amide bonds. The van der Waals surface area contributed by atoms with Crippen LogP contribution in [0.2, 0.25) is 10.0 Å². The van der Waals surface area contributed by atoms with Gasteiger partial charge < -0.3 is 9.73 Å². The second-order valence-electron chi connectivity index (χ2n) is 3.31. The Morgan fingerprint density at radius 2 is 1.94 bits per heavy atom. The number of anilines is 2. The van der Waals surface area contributed by atoms with Crippen molar-refractivity contribution in [2.24, 2.45) is 0 Å². The van der Waals surface area contributed by atoms with Gasteiger partial charge in [-0.05, 0) is 40.2 Å². The number of benzene rings is 1. The molecule has 0 saturated heterocycles. The average Bonchev–Trinajstić information content (AvgIpc) is 2.68. The summed E-state index contributed by atoms with van der Waals surface area (Å²) in [6.45, 7) is 0. The first-order valence-corrected chi connectivity index (χ1v) is 6.38. The van der Waals surface area contributed by atoms with E-state index in [9.17, 15) is 4.79 Å². The Morgan fingerprint density at radius 1 is 1.17 bits per heavy atom. The van der Waals surface area contributed by atoms with Crippen molar-refractivity contribution in [1.29, 1.82) is 0 Å². The molecule has 0 aliphatic rings. The maximum Gasteiger partial charge on any atom is 0.326 e. The summed E-state index contributed by atoms with van der Waals surface area (Å²) in [5.41, 5.74) is 0.462. The van der Waals surface area contributed by atoms with Crippen LogP contribution >= 0.6 is 39.1 Å². The monoisotopic (exact) mass is 348 g/mol. The Labute approximate surface area is 121 Å². The van der Waals surface area contributed by atoms with Gasteiger partial charge in [0.2, 0.25) is 5.88 Å². The van der Waals surface area contributed by atoms with Crippen LogP contribution in [0.5, 0.6) is 0 Å². The summed E-state index contributed by atoms with van der Waals surface area (Å²) in [6.07, 6.45) is 0. The summed E-state index contributed by atoms with van der Waals surface area (Å²) in [6, 6.07) is 7.62. The SMILES string of the molecule is O=C(Nc1ccc(Br)o1)Nc1ccc(Cl)cc1Cl. The van der Waals surface area contributed by atoms with Crippen LogP contribution in [0.1, 0.15) is 0 Å². The van der Waals surface area contributed by atoms with Crippen molar-refractivity contribution in [2.45, 2.75) is 0 Å². The van der Waals surface area contributed by atoms with Gasteiger partial charge in [0.15, 0.2) is 4.67 Å². The van der Waals surface area contributed by atoms with Gasteiger partial charge in [0.25, 0.3) is 0 Å². The number of nitrogens with one attached hydrogen (secondary N) is 2. The first kappa shape index (κ1) is 13.3. The number of carbonyl (C=O) groups is 1. The van der Waals surface area contributed by atoms with Crippen LogP contribution in [0.25, 0.3) is 0 Å². The van der Waals surface area contributed by atoms with Gasteiger partial charge in [0.05, 0.1) is 10.7 Å². The third kappa shape index (κ3) is 3.41. The Hall–Kier alpha value is -1.17. The van der Waals surface area contributed by atoms with E-state index in [1.165, 1.54) is 0 Å². The minimum Gasteiger partial charge on any atom is -0.434 e. The molecule has 0 radical (unpaired) electrons. The fourth-order valence-corrected chi connectivity index (χ4v) is 2.00. The molecule has 18 heavy (non-hydrogen) atoms. The average molecular weight is 350 g/mol. The number of halogens is 3. The van der Waals surface area contributed by atoms with Gasteiger partial charge in [-0.1, -0.05) is 23.2 Å². The lowest BCUT2D eigenvalue weighted by molar-refractivity contribution is 0.261. The van der Waals surface area contributed by atoms with E-state index >= 15 is 0 Å². The molecule has 0 fully saturated rings. The highest BCUT2D eigenvalue weighted by molar-refractivity contribution is 9.10. The topological polar surface area (TPSA) is 54.3 Å². The van der Waals surface area contributed by atoms with E-state index in [0.29, 0.717) is 26.3 Å². The van der Waals surface area contributed by atoms with Crippen molar-refractivity contribution in [1.82, 2.24) is 0 Å². The predicted molar refractivity (Wildman–Crippen MR) is 75.5 cm³/mol. The van der Waals surface area contributed by atoms with Crippen molar-refractivity contribution in [3.05, 3.63) is 45.0 Å². The summed E-state index contributed by atoms with van der Waals surface area (Å²) < 4.78 is 5.66. The van der Waals surface area contributed by atoms with E-state index in [0.717, 1.165) is 0 Å². The highest BCUT2D eigenvalue weighted by Gasteiger charge is 2.08. The van der Waals surface area contributed by atoms with E-state index in [1.807, 2.05) is 0 Å². The number of urea groups is 1. The number of hydrogen-bond acceptors (Lipinski definition) is 2. The fraction of sp³-hybridized carbons (Fsp3) is 0. The minimum absolute atomic E-state index is 0.324. The number of carbonyl (C=O) groups excluding carboxylic acids is 1. The van der Waals surface area contributed by atoms with Crippen molar-refractivity contribution in [2.75, 3.05) is 10.6 Å². The maximum absolute atomic E-state index is 11.6. The predicted octanol–water partition coefficient (Wildman–Crippen LogP) is 4.99. The van der Waals surface area contributed by atoms with Gasteiger partial charge in [-0.15, -0.1) is 0 Å². The molecular formula is C11H7BrCl2N2O2. The molecule has 2 N–H and O–H groups in total. The van der Waals surface area contributed by atoms with E-state index in [4.69, 9.17) is 27.6 Å². The first-order valence-electron chi connectivity index (χ1n) is 4.83. The Balaban J connectivity index is 2.03. The third-order valence-corrected chi connectivity index (χ3v) is 2.96. The molecule has 0 aliphatic carbocycles. The number of rotatable bonds is 2. The van der Waals surface area contributed by atoms with Crippen molar-refractivity contribution >= 4 is 56.7 Å². The summed E-state index contributed by atoms with van der Waals surface area (Å²) in [7, 11) is 0. The molecular weight excluding hydrogens is 343 g/mol. The molecule has 1 aromatic carbocycles. The number of furan rings is 1. The molecule has 7 heteroatoms. The van der Waals surface area contributed by atoms with E-state index in [1.54, 1.807) is 30.3 Å². The quantitative estimate of drug-likeness (QED) is 0.802. The molecule has 0 unspecified atom stereocenters. The molecule has 0 spiro atoms. The van der Waals surface area contributed by atoms with Gasteiger partial charge in [-0.2, -0.15) is 0 Å². The lowest BCUT2D eigenvalue weighted by atomic mass is 10.3. The second-order valence-corrected chi connectivity index (χ2v) is 4.93. The normalized spacial score (nSPS) is 10.2. The zero-order chi connectivity index (χ0) is 13.1. The summed E-state index contributed by atoms with van der Waals surface area (Å²) in [5.74, 6) is 0.324. The van der Waals surface area contributed by atoms with Gasteiger partial charge in [-0.25, -0.2) is 4.79 Å². The zero-order valence-electron chi connectivity index (χ0n) is 8.84. The second kappa shape index (κ2) is 5.65. The van der Waals surface area contributed by atoms with Gasteiger partial charge in [0, 0.05) is 11.1 Å². The number of amides is 2. The minimum atomic E-state index is -0.457. The molecule has 94 valence electrons. The lowest BCUT2D eigenvalue weighted by Gasteiger charge is -2.07. The van der Waals surface area contributed by atoms with Crippen LogP contribution in [0.15, 0.2) is 39.4 Å². The smallest absolute Gasteiger partial charge is 0.326 e. The Bertz CT molecular complexity index is 586. The van der Waals surface area contributed by atoms with Crippen LogP contribution < -0.4 is 10.6 Å². The van der Waals surface area contributed by atoms with Crippen molar-refractivity contribution < 1.29 is 9.21 Å². The molecule has 1 heterocycles. The van der Waals surface area contributed by atoms with Crippen LogP contribution in [0, 0.1) is 0 Å². The number of hydrogen-bond donors (Lipinski definition) is 2. The van der Waals surface area contributed by atoms with Gasteiger partial charge in [-0.3, -0.25) is 5.32 Å². The van der Waals surface area contributed by atoms with Crippen molar-refractivity contribution in [3.8, 4) is 0 Å². The summed E-state index contributed by atoms with van der Waals surface area (Å²) in [4.78, 5) is 11.6. The summed E-state index contributed by atoms with van der Waals surface area (Å²) >= 11 is 14.8. The fourth-order valence-electron chi connectivity index (χ4n) is 1.24. The molecule has 0 bridgehead atoms. The maximum atomic E-state index is 11.6. The van der Waals surface area contributed by atoms with Crippen LogP contribution in [-0.4, -0.2) is 6.03 Å². The molecule has 1 aromatic heterocycles. The zero-order valence-corrected chi connectivity index (χ0v) is 11.9. The Kier molecular flexibility index (Phi) is 4.16. The highest BCUT2D eigenvalue weighted by Crippen LogP contribution is 2.25. The van der Waals surface area contributed by atoms with E-state index in [2.05, 4.69) is 26.6 Å². The Morgan fingerprint density at radius 3 is 2.56 bits per heavy atom. The first-order chi connectivity index (χ1) is 8.54. The van der Waals surface area contributed by atoms with Crippen LogP contribution in [0.3, 0.4) is 0 Å². The van der Waals surface area contributed by atoms with Crippen LogP contribution in [0.4, 0.5) is 16.4 Å². The molecule has 4 nitrogen and oxygen atoms in total. The molecule has 0 aliphatic heterocycles. The highest BCUT2D eigenvalue weighted by atomic mass is 79.9. The van der Waals surface area contributed by atoms with Crippen LogP contribution in [-0.2, 0) is 0 Å². The van der Waals surface area contributed by atoms with E-state index in [-0.39, 0.29) is 0 Å². The summed E-state index contributed by atoms with van der Waals surface area (Å²) in [5, 5.41) is 5.95. The largest absolute Gasteiger partial charge is 0.434 e.